The summed E-state index contributed by atoms with van der Waals surface area (Å²) in [4.78, 5) is 27.8. The summed E-state index contributed by atoms with van der Waals surface area (Å²) in [5, 5.41) is 5.25. The number of fused-ring (bicyclic) bond motifs is 1. The van der Waals surface area contributed by atoms with Crippen molar-refractivity contribution in [1.82, 2.24) is 9.88 Å². The summed E-state index contributed by atoms with van der Waals surface area (Å²) >= 11 is 11.4. The van der Waals surface area contributed by atoms with E-state index in [9.17, 15) is 9.59 Å². The minimum Gasteiger partial charge on any atom is -0.318 e. The van der Waals surface area contributed by atoms with Gasteiger partial charge in [-0.25, -0.2) is 0 Å². The van der Waals surface area contributed by atoms with Crippen LogP contribution in [-0.4, -0.2) is 21.5 Å². The van der Waals surface area contributed by atoms with Gasteiger partial charge in [0.25, 0.3) is 11.8 Å². The van der Waals surface area contributed by atoms with E-state index in [-0.39, 0.29) is 10.7 Å². The Bertz CT molecular complexity index is 1510. The average Bonchev–Trinajstić information content (AvgIpc) is 3.10. The molecule has 0 spiro atoms. The molecule has 4 aromatic rings. The highest BCUT2D eigenvalue weighted by Gasteiger charge is 2.35. The lowest BCUT2D eigenvalue weighted by Crippen LogP contribution is -2.54. The van der Waals surface area contributed by atoms with Crippen LogP contribution in [0.1, 0.15) is 17.0 Å². The van der Waals surface area contributed by atoms with Crippen molar-refractivity contribution in [3.63, 3.8) is 0 Å². The van der Waals surface area contributed by atoms with Gasteiger partial charge in [0.1, 0.15) is 5.57 Å². The molecule has 0 saturated carbocycles. The predicted molar refractivity (Wildman–Crippen MR) is 140 cm³/mol. The van der Waals surface area contributed by atoms with Gasteiger partial charge in [0.05, 0.1) is 5.69 Å². The van der Waals surface area contributed by atoms with Crippen molar-refractivity contribution in [2.24, 2.45) is 0 Å². The Labute approximate surface area is 207 Å². The second kappa shape index (κ2) is 8.56. The smallest absolute Gasteiger partial charge is 0.270 e. The Kier molecular flexibility index (Phi) is 5.55. The first-order valence-electron chi connectivity index (χ1n) is 10.7. The van der Waals surface area contributed by atoms with Gasteiger partial charge in [0.2, 0.25) is 0 Å². The number of anilines is 1. The lowest BCUT2D eigenvalue weighted by atomic mass is 10.0. The highest BCUT2D eigenvalue weighted by atomic mass is 35.5. The van der Waals surface area contributed by atoms with Gasteiger partial charge in [-0.15, -0.1) is 0 Å². The van der Waals surface area contributed by atoms with Gasteiger partial charge in [-0.1, -0.05) is 48.0 Å². The van der Waals surface area contributed by atoms with Crippen LogP contribution in [0.3, 0.4) is 0 Å². The van der Waals surface area contributed by atoms with E-state index < -0.39 is 11.8 Å². The molecule has 0 bridgehead atoms. The number of aryl methyl sites for hydroxylation is 1. The molecule has 1 aromatic heterocycles. The first kappa shape index (κ1) is 22.1. The molecule has 1 fully saturated rings. The molecule has 7 heteroatoms. The zero-order valence-corrected chi connectivity index (χ0v) is 20.1. The highest BCUT2D eigenvalue weighted by molar-refractivity contribution is 7.80. The highest BCUT2D eigenvalue weighted by Crippen LogP contribution is 2.31. The van der Waals surface area contributed by atoms with E-state index in [1.807, 2.05) is 86.6 Å². The first-order valence-corrected chi connectivity index (χ1v) is 11.5. The molecule has 2 heterocycles. The summed E-state index contributed by atoms with van der Waals surface area (Å²) in [6, 6.07) is 22.9. The summed E-state index contributed by atoms with van der Waals surface area (Å²) in [6.07, 6.45) is 1.63. The fourth-order valence-corrected chi connectivity index (χ4v) is 4.76. The average molecular weight is 486 g/mol. The van der Waals surface area contributed by atoms with Crippen molar-refractivity contribution in [3.8, 4) is 5.69 Å². The summed E-state index contributed by atoms with van der Waals surface area (Å²) in [5.41, 5.74) is 4.25. The van der Waals surface area contributed by atoms with E-state index in [4.69, 9.17) is 23.8 Å². The number of carbonyl (C=O) groups is 2. The third-order valence-electron chi connectivity index (χ3n) is 5.96. The van der Waals surface area contributed by atoms with E-state index in [1.165, 1.54) is 4.90 Å². The number of nitrogens with one attached hydrogen (secondary N) is 1. The minimum atomic E-state index is -0.511. The lowest BCUT2D eigenvalue weighted by Gasteiger charge is -2.29. The number of hydrogen-bond acceptors (Lipinski definition) is 3. The maximum absolute atomic E-state index is 13.6. The van der Waals surface area contributed by atoms with Crippen LogP contribution in [-0.2, 0) is 9.59 Å². The van der Waals surface area contributed by atoms with Crippen LogP contribution < -0.4 is 10.2 Å². The van der Waals surface area contributed by atoms with Gasteiger partial charge in [0.15, 0.2) is 5.11 Å². The normalized spacial score (nSPS) is 15.3. The quantitative estimate of drug-likeness (QED) is 0.229. The number of amides is 2. The van der Waals surface area contributed by atoms with Gasteiger partial charge in [-0.2, -0.15) is 0 Å². The van der Waals surface area contributed by atoms with Gasteiger partial charge in [0, 0.05) is 27.5 Å². The number of carbonyl (C=O) groups excluding carboxylic acids is 2. The van der Waals surface area contributed by atoms with Crippen LogP contribution in [0.4, 0.5) is 5.69 Å². The largest absolute Gasteiger partial charge is 0.318 e. The molecule has 1 N–H and O–H groups in total. The zero-order chi connectivity index (χ0) is 24.0. The Morgan fingerprint density at radius 1 is 0.941 bits per heavy atom. The summed E-state index contributed by atoms with van der Waals surface area (Å²) in [5.74, 6) is -0.968. The third kappa shape index (κ3) is 3.71. The SMILES string of the molecule is Cc1cc(/C=C2/C(=O)NC(=S)N(c3cccc4ccccc34)C2=O)c(C)n1-c1ccc(Cl)cc1. The van der Waals surface area contributed by atoms with Crippen molar-refractivity contribution in [3.05, 3.63) is 100 Å². The number of nitrogens with zero attached hydrogens (tertiary/aromatic N) is 2. The van der Waals surface area contributed by atoms with Crippen molar-refractivity contribution in [2.45, 2.75) is 13.8 Å². The van der Waals surface area contributed by atoms with Gasteiger partial charge >= 0.3 is 0 Å². The second-order valence-corrected chi connectivity index (χ2v) is 8.92. The van der Waals surface area contributed by atoms with Crippen LogP contribution >= 0.6 is 23.8 Å². The molecule has 5 rings (SSSR count). The topological polar surface area (TPSA) is 54.3 Å². The van der Waals surface area contributed by atoms with Crippen molar-refractivity contribution < 1.29 is 9.59 Å². The molecule has 0 radical (unpaired) electrons. The van der Waals surface area contributed by atoms with E-state index in [1.54, 1.807) is 6.08 Å². The Morgan fingerprint density at radius 2 is 1.65 bits per heavy atom. The number of benzene rings is 3. The molecule has 2 amide bonds. The monoisotopic (exact) mass is 485 g/mol. The summed E-state index contributed by atoms with van der Waals surface area (Å²) < 4.78 is 2.06. The van der Waals surface area contributed by atoms with Crippen LogP contribution in [0.5, 0.6) is 0 Å². The lowest BCUT2D eigenvalue weighted by molar-refractivity contribution is -0.122. The Hall–Kier alpha value is -3.74. The van der Waals surface area contributed by atoms with Crippen molar-refractivity contribution >= 4 is 63.3 Å². The first-order chi connectivity index (χ1) is 16.3. The van der Waals surface area contributed by atoms with E-state index in [2.05, 4.69) is 9.88 Å². The zero-order valence-electron chi connectivity index (χ0n) is 18.5. The number of rotatable bonds is 3. The third-order valence-corrected chi connectivity index (χ3v) is 6.50. The summed E-state index contributed by atoms with van der Waals surface area (Å²) in [7, 11) is 0. The molecule has 34 heavy (non-hydrogen) atoms. The van der Waals surface area contributed by atoms with Crippen LogP contribution in [0.25, 0.3) is 22.5 Å². The number of thiocarbonyl (C=S) groups is 1. The Balaban J connectivity index is 1.59. The van der Waals surface area contributed by atoms with Gasteiger partial charge < -0.3 is 4.57 Å². The maximum Gasteiger partial charge on any atom is 0.270 e. The molecule has 0 atom stereocenters. The van der Waals surface area contributed by atoms with E-state index in [0.717, 1.165) is 33.4 Å². The standard InChI is InChI=1S/C27H20ClN3O2S/c1-16-14-19(17(2)30(16)21-12-10-20(28)11-13-21)15-23-25(32)29-27(34)31(26(23)33)24-9-5-7-18-6-3-4-8-22(18)24/h3-15H,1-2H3,(H,29,32,34)/b23-15-. The molecular weight excluding hydrogens is 466 g/mol. The van der Waals surface area contributed by atoms with E-state index >= 15 is 0 Å². The van der Waals surface area contributed by atoms with Crippen molar-refractivity contribution in [1.29, 1.82) is 0 Å². The van der Waals surface area contributed by atoms with E-state index in [0.29, 0.717) is 10.7 Å². The number of aromatic nitrogens is 1. The van der Waals surface area contributed by atoms with Crippen molar-refractivity contribution in [2.75, 3.05) is 4.90 Å². The number of halogens is 1. The Morgan fingerprint density at radius 3 is 2.41 bits per heavy atom. The fraction of sp³-hybridized carbons (Fsp3) is 0.0741. The minimum absolute atomic E-state index is 0.0258. The summed E-state index contributed by atoms with van der Waals surface area (Å²) in [6.45, 7) is 3.93. The van der Waals surface area contributed by atoms with Gasteiger partial charge in [-0.05, 0) is 79.5 Å². The van der Waals surface area contributed by atoms with Crippen LogP contribution in [0, 0.1) is 13.8 Å². The molecular formula is C27H20ClN3O2S. The maximum atomic E-state index is 13.6. The molecule has 1 saturated heterocycles. The second-order valence-electron chi connectivity index (χ2n) is 8.09. The molecule has 5 nitrogen and oxygen atoms in total. The van der Waals surface area contributed by atoms with Crippen LogP contribution in [0.15, 0.2) is 78.4 Å². The molecule has 0 unspecified atom stereocenters. The van der Waals surface area contributed by atoms with Crippen LogP contribution in [0.2, 0.25) is 5.02 Å². The predicted octanol–water partition coefficient (Wildman–Crippen LogP) is 5.73. The number of hydrogen-bond donors (Lipinski definition) is 1. The molecule has 1 aliphatic rings. The van der Waals surface area contributed by atoms with Gasteiger partial charge in [-0.3, -0.25) is 19.8 Å². The molecule has 168 valence electrons. The molecule has 0 aliphatic carbocycles. The molecule has 3 aromatic carbocycles. The fourth-order valence-electron chi connectivity index (χ4n) is 4.36. The molecule has 1 aliphatic heterocycles.